The smallest absolute Gasteiger partial charge is 0.345 e. The van der Waals surface area contributed by atoms with E-state index in [0.29, 0.717) is 16.5 Å². The Balaban J connectivity index is 1.51. The topological polar surface area (TPSA) is 112 Å². The van der Waals surface area contributed by atoms with Gasteiger partial charge in [-0.25, -0.2) is 4.79 Å². The molecule has 3 rings (SSSR count). The van der Waals surface area contributed by atoms with Gasteiger partial charge in [0.1, 0.15) is 17.1 Å². The number of halogens is 1. The number of nitrogens with zero attached hydrogens (tertiary/aromatic N) is 1. The SMILES string of the molecule is O=C(COC(=O)c1ccccc1[N+](=O)[O-])NCc1ccc(-c2ccc(Cl)cc2)o1. The average Bonchev–Trinajstić information content (AvgIpc) is 3.20. The highest BCUT2D eigenvalue weighted by Gasteiger charge is 2.21. The van der Waals surface area contributed by atoms with Crippen LogP contribution in [0.3, 0.4) is 0 Å². The number of furan rings is 1. The number of hydrogen-bond acceptors (Lipinski definition) is 6. The van der Waals surface area contributed by atoms with Gasteiger partial charge in [0.15, 0.2) is 6.61 Å². The molecule has 0 unspecified atom stereocenters. The molecule has 29 heavy (non-hydrogen) atoms. The first-order valence-corrected chi connectivity index (χ1v) is 8.84. The molecular weight excluding hydrogens is 400 g/mol. The highest BCUT2D eigenvalue weighted by molar-refractivity contribution is 6.30. The van der Waals surface area contributed by atoms with Gasteiger partial charge < -0.3 is 14.5 Å². The second-order valence-electron chi connectivity index (χ2n) is 5.90. The molecule has 0 aliphatic heterocycles. The van der Waals surface area contributed by atoms with Gasteiger partial charge >= 0.3 is 5.97 Å². The molecule has 0 aliphatic rings. The van der Waals surface area contributed by atoms with Gasteiger partial charge in [-0.05, 0) is 42.5 Å². The van der Waals surface area contributed by atoms with Gasteiger partial charge in [0, 0.05) is 16.7 Å². The standard InChI is InChI=1S/C20H15ClN2O6/c21-14-7-5-13(6-8-14)18-10-9-15(29-18)11-22-19(24)12-28-20(25)16-3-1-2-4-17(16)23(26)27/h1-10H,11-12H2,(H,22,24). The van der Waals surface area contributed by atoms with Crippen LogP contribution in [0, 0.1) is 10.1 Å². The lowest BCUT2D eigenvalue weighted by molar-refractivity contribution is -0.385. The van der Waals surface area contributed by atoms with Crippen LogP contribution in [0.1, 0.15) is 16.1 Å². The van der Waals surface area contributed by atoms with E-state index in [1.54, 1.807) is 24.3 Å². The van der Waals surface area contributed by atoms with E-state index in [1.807, 2.05) is 12.1 Å². The van der Waals surface area contributed by atoms with Crippen molar-refractivity contribution in [3.8, 4) is 11.3 Å². The van der Waals surface area contributed by atoms with Crippen LogP contribution in [0.5, 0.6) is 0 Å². The molecule has 2 aromatic carbocycles. The number of nitro benzene ring substituents is 1. The number of para-hydroxylation sites is 1. The summed E-state index contributed by atoms with van der Waals surface area (Å²) in [6.07, 6.45) is 0. The molecule has 8 nitrogen and oxygen atoms in total. The van der Waals surface area contributed by atoms with Gasteiger partial charge in [-0.1, -0.05) is 23.7 Å². The first-order valence-electron chi connectivity index (χ1n) is 8.46. The number of nitrogens with one attached hydrogen (secondary N) is 1. The van der Waals surface area contributed by atoms with E-state index < -0.39 is 23.4 Å². The van der Waals surface area contributed by atoms with Crippen LogP contribution in [0.2, 0.25) is 5.02 Å². The Bertz CT molecular complexity index is 1050. The monoisotopic (exact) mass is 414 g/mol. The van der Waals surface area contributed by atoms with Crippen molar-refractivity contribution >= 4 is 29.2 Å². The Morgan fingerprint density at radius 3 is 2.52 bits per heavy atom. The van der Waals surface area contributed by atoms with Crippen molar-refractivity contribution in [3.05, 3.63) is 87.1 Å². The van der Waals surface area contributed by atoms with Crippen molar-refractivity contribution < 1.29 is 23.7 Å². The minimum atomic E-state index is -0.949. The van der Waals surface area contributed by atoms with E-state index in [-0.39, 0.29) is 17.8 Å². The lowest BCUT2D eigenvalue weighted by Crippen LogP contribution is -2.28. The number of hydrogen-bond donors (Lipinski definition) is 1. The molecule has 1 heterocycles. The molecule has 0 fully saturated rings. The van der Waals surface area contributed by atoms with E-state index >= 15 is 0 Å². The second-order valence-corrected chi connectivity index (χ2v) is 6.34. The van der Waals surface area contributed by atoms with Gasteiger partial charge in [0.2, 0.25) is 0 Å². The van der Waals surface area contributed by atoms with Crippen molar-refractivity contribution in [1.82, 2.24) is 5.32 Å². The minimum Gasteiger partial charge on any atom is -0.459 e. The summed E-state index contributed by atoms with van der Waals surface area (Å²) in [6.45, 7) is -0.481. The number of carbonyl (C=O) groups is 2. The number of esters is 1. The Hall–Kier alpha value is -3.65. The van der Waals surface area contributed by atoms with Crippen LogP contribution in [0.15, 0.2) is 65.1 Å². The fourth-order valence-electron chi connectivity index (χ4n) is 2.49. The summed E-state index contributed by atoms with van der Waals surface area (Å²) in [4.78, 5) is 34.2. The van der Waals surface area contributed by atoms with Gasteiger partial charge in [-0.2, -0.15) is 0 Å². The van der Waals surface area contributed by atoms with Crippen molar-refractivity contribution in [2.75, 3.05) is 6.61 Å². The highest BCUT2D eigenvalue weighted by atomic mass is 35.5. The molecule has 9 heteroatoms. The first-order chi connectivity index (χ1) is 13.9. The summed E-state index contributed by atoms with van der Waals surface area (Å²) in [7, 11) is 0. The molecule has 0 saturated heterocycles. The predicted molar refractivity (Wildman–Crippen MR) is 104 cm³/mol. The average molecular weight is 415 g/mol. The van der Waals surface area contributed by atoms with Gasteiger partial charge in [-0.15, -0.1) is 0 Å². The van der Waals surface area contributed by atoms with E-state index in [4.69, 9.17) is 20.8 Å². The zero-order valence-corrected chi connectivity index (χ0v) is 15.7. The molecule has 1 N–H and O–H groups in total. The number of benzene rings is 2. The molecule has 0 aliphatic carbocycles. The number of nitro groups is 1. The zero-order valence-electron chi connectivity index (χ0n) is 15.0. The van der Waals surface area contributed by atoms with Crippen LogP contribution < -0.4 is 5.32 Å². The molecule has 1 aromatic heterocycles. The Labute approximate surface area is 170 Å². The summed E-state index contributed by atoms with van der Waals surface area (Å²) in [6, 6.07) is 15.9. The maximum Gasteiger partial charge on any atom is 0.345 e. The summed E-state index contributed by atoms with van der Waals surface area (Å²) in [5, 5.41) is 14.1. The minimum absolute atomic E-state index is 0.0927. The van der Waals surface area contributed by atoms with Crippen LogP contribution >= 0.6 is 11.6 Å². The van der Waals surface area contributed by atoms with Crippen LogP contribution in [-0.4, -0.2) is 23.4 Å². The Morgan fingerprint density at radius 2 is 1.79 bits per heavy atom. The zero-order chi connectivity index (χ0) is 20.8. The highest BCUT2D eigenvalue weighted by Crippen LogP contribution is 2.23. The second kappa shape index (κ2) is 9.03. The van der Waals surface area contributed by atoms with Crippen LogP contribution in [0.4, 0.5) is 5.69 Å². The van der Waals surface area contributed by atoms with Crippen LogP contribution in [-0.2, 0) is 16.1 Å². The normalized spacial score (nSPS) is 10.4. The number of ether oxygens (including phenoxy) is 1. The number of carbonyl (C=O) groups excluding carboxylic acids is 2. The van der Waals surface area contributed by atoms with Gasteiger partial charge in [0.25, 0.3) is 11.6 Å². The predicted octanol–water partition coefficient (Wildman–Crippen LogP) is 3.98. The van der Waals surface area contributed by atoms with E-state index in [0.717, 1.165) is 5.56 Å². The van der Waals surface area contributed by atoms with Gasteiger partial charge in [0.05, 0.1) is 11.5 Å². The van der Waals surface area contributed by atoms with E-state index in [9.17, 15) is 19.7 Å². The molecule has 1 amide bonds. The largest absolute Gasteiger partial charge is 0.459 e. The first kappa shape index (κ1) is 20.1. The quantitative estimate of drug-likeness (QED) is 0.355. The van der Waals surface area contributed by atoms with Crippen molar-refractivity contribution in [2.45, 2.75) is 6.54 Å². The molecule has 0 radical (unpaired) electrons. The van der Waals surface area contributed by atoms with E-state index in [1.165, 1.54) is 24.3 Å². The maximum absolute atomic E-state index is 12.0. The molecular formula is C20H15ClN2O6. The Morgan fingerprint density at radius 1 is 1.07 bits per heavy atom. The fraction of sp³-hybridized carbons (Fsp3) is 0.100. The number of amides is 1. The van der Waals surface area contributed by atoms with Crippen LogP contribution in [0.25, 0.3) is 11.3 Å². The number of rotatable bonds is 7. The lowest BCUT2D eigenvalue weighted by Gasteiger charge is -2.06. The third-order valence-electron chi connectivity index (χ3n) is 3.91. The molecule has 0 saturated carbocycles. The fourth-order valence-corrected chi connectivity index (χ4v) is 2.62. The summed E-state index contributed by atoms with van der Waals surface area (Å²) < 4.78 is 10.5. The molecule has 0 atom stereocenters. The summed E-state index contributed by atoms with van der Waals surface area (Å²) in [5.74, 6) is -0.390. The van der Waals surface area contributed by atoms with Crippen molar-refractivity contribution in [1.29, 1.82) is 0 Å². The van der Waals surface area contributed by atoms with E-state index in [2.05, 4.69) is 5.32 Å². The molecule has 0 bridgehead atoms. The Kier molecular flexibility index (Phi) is 6.25. The molecule has 148 valence electrons. The van der Waals surface area contributed by atoms with Gasteiger partial charge in [-0.3, -0.25) is 14.9 Å². The summed E-state index contributed by atoms with van der Waals surface area (Å²) in [5.41, 5.74) is 0.234. The summed E-state index contributed by atoms with van der Waals surface area (Å²) >= 11 is 5.86. The molecule has 0 spiro atoms. The molecule has 3 aromatic rings. The van der Waals surface area contributed by atoms with Crippen molar-refractivity contribution in [2.24, 2.45) is 0 Å². The third kappa shape index (κ3) is 5.20. The lowest BCUT2D eigenvalue weighted by atomic mass is 10.2. The van der Waals surface area contributed by atoms with Crippen molar-refractivity contribution in [3.63, 3.8) is 0 Å². The third-order valence-corrected chi connectivity index (χ3v) is 4.16. The maximum atomic E-state index is 12.0.